The van der Waals surface area contributed by atoms with Crippen molar-refractivity contribution < 1.29 is 18.0 Å². The van der Waals surface area contributed by atoms with Gasteiger partial charge in [-0.2, -0.15) is 13.2 Å². The molecule has 2 rings (SSSR count). The van der Waals surface area contributed by atoms with Crippen LogP contribution in [0.3, 0.4) is 0 Å². The molecule has 92 valence electrons. The molecule has 1 aliphatic carbocycles. The van der Waals surface area contributed by atoms with Gasteiger partial charge in [-0.1, -0.05) is 11.6 Å². The lowest BCUT2D eigenvalue weighted by Gasteiger charge is -2.21. The van der Waals surface area contributed by atoms with Gasteiger partial charge in [0.1, 0.15) is 22.8 Å². The first-order valence-electron chi connectivity index (χ1n) is 4.70. The predicted octanol–water partition coefficient (Wildman–Crippen LogP) is 2.45. The van der Waals surface area contributed by atoms with Crippen LogP contribution in [0, 0.1) is 0 Å². The highest BCUT2D eigenvalue weighted by Gasteiger charge is 2.63. The first-order valence-corrected chi connectivity index (χ1v) is 5.08. The molecule has 0 unspecified atom stereocenters. The zero-order chi connectivity index (χ0) is 12.7. The average molecular weight is 266 g/mol. The van der Waals surface area contributed by atoms with Crippen molar-refractivity contribution in [3.05, 3.63) is 17.0 Å². The zero-order valence-electron chi connectivity index (χ0n) is 8.38. The molecule has 1 N–H and O–H groups in total. The maximum Gasteiger partial charge on any atom is 0.411 e. The molecule has 1 saturated carbocycles. The van der Waals surface area contributed by atoms with Gasteiger partial charge in [0.05, 0.1) is 5.56 Å². The van der Waals surface area contributed by atoms with Gasteiger partial charge in [0.15, 0.2) is 6.29 Å². The second-order valence-electron chi connectivity index (χ2n) is 3.75. The van der Waals surface area contributed by atoms with Gasteiger partial charge in [0, 0.05) is 0 Å². The van der Waals surface area contributed by atoms with E-state index < -0.39 is 11.7 Å². The van der Waals surface area contributed by atoms with E-state index in [-0.39, 0.29) is 29.4 Å². The second-order valence-corrected chi connectivity index (χ2v) is 4.11. The fourth-order valence-electron chi connectivity index (χ4n) is 1.41. The van der Waals surface area contributed by atoms with E-state index in [9.17, 15) is 18.0 Å². The Bertz CT molecular complexity index is 459. The molecular weight excluding hydrogens is 259 g/mol. The molecule has 1 fully saturated rings. The van der Waals surface area contributed by atoms with E-state index >= 15 is 0 Å². The Kier molecular flexibility index (Phi) is 2.73. The molecule has 1 aromatic heterocycles. The molecule has 0 radical (unpaired) electrons. The van der Waals surface area contributed by atoms with E-state index in [0.29, 0.717) is 6.29 Å². The number of carbonyl (C=O) groups is 1. The van der Waals surface area contributed by atoms with Crippen molar-refractivity contribution in [2.75, 3.05) is 5.32 Å². The van der Waals surface area contributed by atoms with E-state index in [1.54, 1.807) is 0 Å². The van der Waals surface area contributed by atoms with E-state index in [1.165, 1.54) is 0 Å². The van der Waals surface area contributed by atoms with Crippen molar-refractivity contribution >= 4 is 23.7 Å². The molecule has 0 bridgehead atoms. The highest BCUT2D eigenvalue weighted by molar-refractivity contribution is 6.32. The first-order chi connectivity index (χ1) is 7.89. The number of aldehydes is 1. The summed E-state index contributed by atoms with van der Waals surface area (Å²) in [6, 6.07) is 0. The molecule has 0 spiro atoms. The Hall–Kier alpha value is -1.37. The minimum absolute atomic E-state index is 0.0452. The van der Waals surface area contributed by atoms with Gasteiger partial charge in [-0.25, -0.2) is 9.97 Å². The van der Waals surface area contributed by atoms with Gasteiger partial charge >= 0.3 is 6.18 Å². The van der Waals surface area contributed by atoms with Crippen molar-refractivity contribution in [2.45, 2.75) is 24.6 Å². The predicted molar refractivity (Wildman–Crippen MR) is 54.1 cm³/mol. The summed E-state index contributed by atoms with van der Waals surface area (Å²) in [6.45, 7) is 0. The Labute approximate surface area is 99.2 Å². The van der Waals surface area contributed by atoms with Crippen LogP contribution in [0.2, 0.25) is 5.15 Å². The smallest absolute Gasteiger partial charge is 0.355 e. The lowest BCUT2D eigenvalue weighted by atomic mass is 10.2. The van der Waals surface area contributed by atoms with Crippen molar-refractivity contribution in [3.63, 3.8) is 0 Å². The van der Waals surface area contributed by atoms with E-state index in [2.05, 4.69) is 15.3 Å². The quantitative estimate of drug-likeness (QED) is 0.674. The van der Waals surface area contributed by atoms with Crippen molar-refractivity contribution in [1.29, 1.82) is 0 Å². The van der Waals surface area contributed by atoms with Gasteiger partial charge in [-0.05, 0) is 12.8 Å². The highest BCUT2D eigenvalue weighted by atomic mass is 35.5. The van der Waals surface area contributed by atoms with Crippen LogP contribution in [-0.4, -0.2) is 28.0 Å². The van der Waals surface area contributed by atoms with E-state index in [1.807, 2.05) is 0 Å². The fourth-order valence-corrected chi connectivity index (χ4v) is 1.59. The molecule has 4 nitrogen and oxygen atoms in total. The third-order valence-electron chi connectivity index (χ3n) is 2.60. The molecule has 1 heterocycles. The lowest BCUT2D eigenvalue weighted by molar-refractivity contribution is -0.151. The molecule has 0 amide bonds. The number of aromatic nitrogens is 2. The van der Waals surface area contributed by atoms with Gasteiger partial charge in [-0.3, -0.25) is 4.79 Å². The summed E-state index contributed by atoms with van der Waals surface area (Å²) in [5, 5.41) is 2.07. The summed E-state index contributed by atoms with van der Waals surface area (Å²) in [5.74, 6) is -0.185. The second kappa shape index (κ2) is 3.83. The Morgan fingerprint density at radius 3 is 2.53 bits per heavy atom. The van der Waals surface area contributed by atoms with Crippen molar-refractivity contribution in [1.82, 2.24) is 9.97 Å². The highest BCUT2D eigenvalue weighted by Crippen LogP contribution is 2.51. The van der Waals surface area contributed by atoms with Crippen LogP contribution in [0.5, 0.6) is 0 Å². The molecule has 17 heavy (non-hydrogen) atoms. The average Bonchev–Trinajstić information content (AvgIpc) is 2.98. The largest absolute Gasteiger partial charge is 0.411 e. The van der Waals surface area contributed by atoms with E-state index in [0.717, 1.165) is 6.33 Å². The minimum Gasteiger partial charge on any atom is -0.355 e. The maximum absolute atomic E-state index is 12.7. The number of hydrogen-bond acceptors (Lipinski definition) is 4. The molecule has 0 aromatic carbocycles. The number of nitrogens with one attached hydrogen (secondary N) is 1. The summed E-state index contributed by atoms with van der Waals surface area (Å²) < 4.78 is 38.1. The number of halogens is 4. The molecule has 1 aliphatic rings. The van der Waals surface area contributed by atoms with Gasteiger partial charge in [0.2, 0.25) is 0 Å². The monoisotopic (exact) mass is 265 g/mol. The fraction of sp³-hybridized carbons (Fsp3) is 0.444. The normalized spacial score (nSPS) is 17.6. The molecule has 8 heteroatoms. The Balaban J connectivity index is 2.32. The lowest BCUT2D eigenvalue weighted by Crippen LogP contribution is -2.39. The Morgan fingerprint density at radius 1 is 1.41 bits per heavy atom. The van der Waals surface area contributed by atoms with Crippen LogP contribution in [0.4, 0.5) is 19.0 Å². The van der Waals surface area contributed by atoms with Gasteiger partial charge in [0.25, 0.3) is 0 Å². The number of alkyl halides is 3. The van der Waals surface area contributed by atoms with Crippen LogP contribution >= 0.6 is 11.6 Å². The number of carbonyl (C=O) groups excluding carboxylic acids is 1. The first kappa shape index (κ1) is 12.1. The Morgan fingerprint density at radius 2 is 2.06 bits per heavy atom. The van der Waals surface area contributed by atoms with Gasteiger partial charge in [-0.15, -0.1) is 0 Å². The van der Waals surface area contributed by atoms with Crippen molar-refractivity contribution in [3.8, 4) is 0 Å². The van der Waals surface area contributed by atoms with Crippen molar-refractivity contribution in [2.24, 2.45) is 0 Å². The third-order valence-corrected chi connectivity index (χ3v) is 2.90. The van der Waals surface area contributed by atoms with E-state index in [4.69, 9.17) is 11.6 Å². The van der Waals surface area contributed by atoms with Crippen LogP contribution in [0.15, 0.2) is 6.33 Å². The number of nitrogens with zero attached hydrogens (tertiary/aromatic N) is 2. The van der Waals surface area contributed by atoms with Crippen LogP contribution in [-0.2, 0) is 0 Å². The van der Waals surface area contributed by atoms with Crippen LogP contribution < -0.4 is 5.32 Å². The molecule has 1 aromatic rings. The zero-order valence-corrected chi connectivity index (χ0v) is 9.14. The van der Waals surface area contributed by atoms with Gasteiger partial charge < -0.3 is 5.32 Å². The topological polar surface area (TPSA) is 54.9 Å². The number of anilines is 1. The summed E-state index contributed by atoms with van der Waals surface area (Å²) >= 11 is 5.59. The summed E-state index contributed by atoms with van der Waals surface area (Å²) in [7, 11) is 0. The standard InChI is InChI=1S/C9H7ClF3N3O/c10-6-5(3-17)7(15-4-14-6)16-8(1-2-8)9(11,12)13/h3-4H,1-2H2,(H,14,15,16). The summed E-state index contributed by atoms with van der Waals surface area (Å²) in [4.78, 5) is 17.9. The number of rotatable bonds is 3. The number of hydrogen-bond donors (Lipinski definition) is 1. The SMILES string of the molecule is O=Cc1c(Cl)ncnc1NC1(C(F)(F)F)CC1. The maximum atomic E-state index is 12.7. The molecular formula is C9H7ClF3N3O. The van der Waals surface area contributed by atoms with Crippen LogP contribution in [0.25, 0.3) is 0 Å². The molecule has 0 saturated heterocycles. The van der Waals surface area contributed by atoms with Crippen LogP contribution in [0.1, 0.15) is 23.2 Å². The minimum atomic E-state index is -4.38. The molecule has 0 aliphatic heterocycles. The third kappa shape index (κ3) is 2.06. The molecule has 0 atom stereocenters. The summed E-state index contributed by atoms with van der Waals surface area (Å²) in [6.07, 6.45) is -3.14. The summed E-state index contributed by atoms with van der Waals surface area (Å²) in [5.41, 5.74) is -2.15.